The zero-order chi connectivity index (χ0) is 22.0. The van der Waals surface area contributed by atoms with Crippen molar-refractivity contribution in [3.05, 3.63) is 77.2 Å². The molecule has 1 N–H and O–H groups in total. The first-order valence-electron chi connectivity index (χ1n) is 10.6. The number of aliphatic hydroxyl groups is 1. The first kappa shape index (κ1) is 24.3. The Morgan fingerprint density at radius 3 is 2.41 bits per heavy atom. The fraction of sp³-hybridized carbons (Fsp3) is 0.259. The van der Waals surface area contributed by atoms with Crippen LogP contribution in [0.5, 0.6) is 0 Å². The predicted octanol–water partition coefficient (Wildman–Crippen LogP) is 7.14. The number of pyridine rings is 1. The van der Waals surface area contributed by atoms with Crippen molar-refractivity contribution in [2.24, 2.45) is 0 Å². The summed E-state index contributed by atoms with van der Waals surface area (Å²) in [6.45, 7) is 4.94. The molecule has 2 aromatic heterocycles. The number of carbonyl (C=O) groups is 1. The second-order valence-electron chi connectivity index (χ2n) is 8.14. The number of hydrogen-bond donors (Lipinski definition) is 1. The number of aryl methyl sites for hydroxylation is 3. The van der Waals surface area contributed by atoms with Gasteiger partial charge in [-0.05, 0) is 79.6 Å². The Bertz CT molecular complexity index is 1280. The van der Waals surface area contributed by atoms with Gasteiger partial charge in [0.2, 0.25) is 0 Å². The molecule has 0 saturated carbocycles. The van der Waals surface area contributed by atoms with Crippen molar-refractivity contribution < 1.29 is 30.0 Å². The molecule has 5 rings (SSSR count). The Morgan fingerprint density at radius 2 is 1.81 bits per heavy atom. The molecule has 1 aliphatic rings. The monoisotopic (exact) mass is 621 g/mol. The molecule has 2 heterocycles. The Hall–Kier alpha value is -2.33. The van der Waals surface area contributed by atoms with Crippen LogP contribution < -0.4 is 0 Å². The molecule has 0 atom stereocenters. The second-order valence-corrected chi connectivity index (χ2v) is 9.19. The van der Waals surface area contributed by atoms with Crippen LogP contribution in [-0.2, 0) is 37.7 Å². The number of allylic oxidation sites excluding steroid dienone is 2. The largest absolute Gasteiger partial charge is 0.512 e. The second kappa shape index (κ2) is 10.5. The van der Waals surface area contributed by atoms with E-state index in [2.05, 4.69) is 48.3 Å². The van der Waals surface area contributed by atoms with Crippen LogP contribution in [0.4, 0.5) is 0 Å². The van der Waals surface area contributed by atoms with E-state index in [1.807, 2.05) is 23.6 Å². The van der Waals surface area contributed by atoms with Crippen molar-refractivity contribution >= 4 is 37.3 Å². The molecule has 2 aromatic carbocycles. The van der Waals surface area contributed by atoms with E-state index in [9.17, 15) is 4.79 Å². The van der Waals surface area contributed by atoms with E-state index < -0.39 is 0 Å². The molecule has 0 amide bonds. The average Bonchev–Trinajstić information content (AvgIpc) is 3.10. The summed E-state index contributed by atoms with van der Waals surface area (Å²) in [7, 11) is 0. The summed E-state index contributed by atoms with van der Waals surface area (Å²) in [6.07, 6.45) is 8.22. The van der Waals surface area contributed by atoms with Gasteiger partial charge in [-0.25, -0.2) is 0 Å². The fourth-order valence-corrected chi connectivity index (χ4v) is 5.31. The van der Waals surface area contributed by atoms with E-state index in [1.54, 1.807) is 11.1 Å². The molecular formula is C27H26IrNO2S-. The zero-order valence-electron chi connectivity index (χ0n) is 18.5. The summed E-state index contributed by atoms with van der Waals surface area (Å²) in [5.41, 5.74) is 6.48. The molecule has 0 saturated heterocycles. The molecule has 0 spiro atoms. The smallest absolute Gasteiger partial charge is 0.155 e. The Balaban J connectivity index is 0.000000318. The maximum atomic E-state index is 10.0. The van der Waals surface area contributed by atoms with Gasteiger partial charge >= 0.3 is 0 Å². The number of benzene rings is 2. The van der Waals surface area contributed by atoms with Crippen LogP contribution in [0.3, 0.4) is 0 Å². The quantitative estimate of drug-likeness (QED) is 0.147. The van der Waals surface area contributed by atoms with Gasteiger partial charge in [-0.2, -0.15) is 0 Å². The minimum absolute atomic E-state index is 0. The van der Waals surface area contributed by atoms with Crippen molar-refractivity contribution in [2.75, 3.05) is 0 Å². The van der Waals surface area contributed by atoms with E-state index in [1.165, 1.54) is 71.3 Å². The third kappa shape index (κ3) is 5.35. The molecule has 4 aromatic rings. The summed E-state index contributed by atoms with van der Waals surface area (Å²) in [5, 5.41) is 11.1. The molecule has 0 unspecified atom stereocenters. The first-order valence-corrected chi connectivity index (χ1v) is 11.4. The third-order valence-electron chi connectivity index (χ3n) is 5.49. The van der Waals surface area contributed by atoms with Gasteiger partial charge in [0.15, 0.2) is 5.78 Å². The summed E-state index contributed by atoms with van der Waals surface area (Å²) in [6, 6.07) is 16.7. The number of aliphatic hydroxyl groups excluding tert-OH is 1. The molecule has 1 aliphatic carbocycles. The van der Waals surface area contributed by atoms with E-state index in [0.717, 1.165) is 11.3 Å². The van der Waals surface area contributed by atoms with Gasteiger partial charge in [-0.1, -0.05) is 6.92 Å². The number of rotatable bonds is 2. The average molecular weight is 621 g/mol. The molecule has 3 nitrogen and oxygen atoms in total. The number of nitrogens with zero attached hydrogens (tertiary/aromatic N) is 1. The van der Waals surface area contributed by atoms with Gasteiger partial charge in [-0.3, -0.25) is 4.79 Å². The number of hydrogen-bond acceptors (Lipinski definition) is 4. The normalized spacial score (nSPS) is 13.2. The summed E-state index contributed by atoms with van der Waals surface area (Å²) < 4.78 is 2.68. The first-order chi connectivity index (χ1) is 14.9. The third-order valence-corrected chi connectivity index (χ3v) is 6.66. The predicted molar refractivity (Wildman–Crippen MR) is 130 cm³/mol. The minimum Gasteiger partial charge on any atom is -0.512 e. The van der Waals surface area contributed by atoms with Crippen molar-refractivity contribution in [2.45, 2.75) is 46.5 Å². The van der Waals surface area contributed by atoms with E-state index in [-0.39, 0.29) is 31.6 Å². The van der Waals surface area contributed by atoms with Crippen LogP contribution in [-0.4, -0.2) is 15.9 Å². The number of aromatic nitrogens is 1. The molecule has 32 heavy (non-hydrogen) atoms. The van der Waals surface area contributed by atoms with Gasteiger partial charge in [0.1, 0.15) is 0 Å². The van der Waals surface area contributed by atoms with Crippen LogP contribution >= 0.6 is 11.3 Å². The van der Waals surface area contributed by atoms with Crippen molar-refractivity contribution in [1.82, 2.24) is 4.98 Å². The van der Waals surface area contributed by atoms with Gasteiger partial charge < -0.3 is 10.1 Å². The number of ketones is 1. The summed E-state index contributed by atoms with van der Waals surface area (Å²) in [5.74, 6) is -0.0625. The van der Waals surface area contributed by atoms with Gasteiger partial charge in [0.05, 0.1) is 5.76 Å². The zero-order valence-corrected chi connectivity index (χ0v) is 21.7. The molecule has 0 bridgehead atoms. The van der Waals surface area contributed by atoms with Crippen molar-refractivity contribution in [3.63, 3.8) is 0 Å². The molecule has 0 aliphatic heterocycles. The topological polar surface area (TPSA) is 50.2 Å². The Labute approximate surface area is 206 Å². The number of carbonyl (C=O) groups excluding carboxylic acids is 1. The number of thiophene rings is 1. The Kier molecular flexibility index (Phi) is 8.00. The van der Waals surface area contributed by atoms with Crippen molar-refractivity contribution in [1.29, 1.82) is 0 Å². The summed E-state index contributed by atoms with van der Waals surface area (Å²) >= 11 is 1.88. The van der Waals surface area contributed by atoms with Crippen molar-refractivity contribution in [3.8, 4) is 11.3 Å². The van der Waals surface area contributed by atoms with Crippen LogP contribution in [0.25, 0.3) is 31.4 Å². The maximum absolute atomic E-state index is 10.0. The van der Waals surface area contributed by atoms with E-state index in [4.69, 9.17) is 5.11 Å². The minimum atomic E-state index is -0.125. The Morgan fingerprint density at radius 1 is 1.09 bits per heavy atom. The fourth-order valence-electron chi connectivity index (χ4n) is 4.07. The van der Waals surface area contributed by atoms with Gasteiger partial charge in [-0.15, -0.1) is 46.7 Å². The van der Waals surface area contributed by atoms with Crippen LogP contribution in [0.1, 0.15) is 43.4 Å². The van der Waals surface area contributed by atoms with Crippen LogP contribution in [0.15, 0.2) is 54.4 Å². The SMILES string of the molecule is CC(=O)/C=C(/C)O.Cc1c[c-]c(-c2nccc3c2sc2cc4c(cc23)CCCC4)cc1.[Ir]. The van der Waals surface area contributed by atoms with Crippen LogP contribution in [0.2, 0.25) is 0 Å². The molecule has 0 fully saturated rings. The molecular weight excluding hydrogens is 595 g/mol. The van der Waals surface area contributed by atoms with E-state index >= 15 is 0 Å². The van der Waals surface area contributed by atoms with Crippen LogP contribution in [0, 0.1) is 13.0 Å². The number of fused-ring (bicyclic) bond motifs is 4. The standard InChI is InChI=1S/C22H18NS.C5H8O2.Ir/c1-14-6-8-15(9-7-14)21-22-18(10-11-23-21)19-12-16-4-2-3-5-17(16)13-20(19)24-22;1-4(6)3-5(2)7;/h6-8,10-13H,2-5H2,1H3;3,6H,1-2H3;/q-1;;/b;4-3-;. The molecule has 1 radical (unpaired) electrons. The van der Waals surface area contributed by atoms with E-state index in [0.29, 0.717) is 0 Å². The maximum Gasteiger partial charge on any atom is 0.155 e. The molecule has 5 heteroatoms. The summed E-state index contributed by atoms with van der Waals surface area (Å²) in [4.78, 5) is 14.7. The molecule has 167 valence electrons. The van der Waals surface area contributed by atoms with Gasteiger partial charge in [0, 0.05) is 47.5 Å². The van der Waals surface area contributed by atoms with Gasteiger partial charge in [0.25, 0.3) is 0 Å².